The Bertz CT molecular complexity index is 120. The van der Waals surface area contributed by atoms with E-state index in [1.54, 1.807) is 0 Å². The Hall–Kier alpha value is -0.120. The summed E-state index contributed by atoms with van der Waals surface area (Å²) in [5.74, 6) is 5.49. The first-order chi connectivity index (χ1) is 6.76. The van der Waals surface area contributed by atoms with Crippen molar-refractivity contribution in [2.45, 2.75) is 65.0 Å². The van der Waals surface area contributed by atoms with Gasteiger partial charge in [-0.1, -0.05) is 32.6 Å². The van der Waals surface area contributed by atoms with Gasteiger partial charge in [-0.25, -0.2) is 0 Å². The maximum absolute atomic E-state index is 5.51. The second kappa shape index (κ2) is 9.44. The second-order valence-electron chi connectivity index (χ2n) is 3.78. The monoisotopic (exact) mass is 202 g/mol. The molecule has 3 N–H and O–H groups in total. The van der Waals surface area contributed by atoms with Crippen LogP contribution in [0.3, 0.4) is 0 Å². The second-order valence-corrected chi connectivity index (χ2v) is 3.78. The van der Waals surface area contributed by atoms with Crippen LogP contribution in [0.1, 0.15) is 52.9 Å². The number of rotatable bonds is 9. The molecule has 3 nitrogen and oxygen atoms in total. The van der Waals surface area contributed by atoms with E-state index in [4.69, 9.17) is 10.6 Å². The molecule has 0 bridgehead atoms. The lowest BCUT2D eigenvalue weighted by Gasteiger charge is -2.22. The molecule has 0 aromatic heterocycles. The third-order valence-corrected chi connectivity index (χ3v) is 2.58. The van der Waals surface area contributed by atoms with Gasteiger partial charge in [-0.3, -0.25) is 11.3 Å². The number of ether oxygens (including phenoxy) is 1. The molecular formula is C11H26N2O. The average molecular weight is 202 g/mol. The highest BCUT2D eigenvalue weighted by molar-refractivity contribution is 4.70. The predicted octanol–water partition coefficient (Wildman–Crippen LogP) is 2.21. The van der Waals surface area contributed by atoms with Crippen LogP contribution < -0.4 is 11.3 Å². The molecule has 0 aliphatic heterocycles. The quantitative estimate of drug-likeness (QED) is 0.342. The molecule has 0 rings (SSSR count). The maximum atomic E-state index is 5.51. The number of unbranched alkanes of at least 4 members (excludes halogenated alkanes) is 3. The third kappa shape index (κ3) is 6.35. The molecule has 0 amide bonds. The summed E-state index contributed by atoms with van der Waals surface area (Å²) in [5, 5.41) is 0. The molecule has 86 valence electrons. The zero-order chi connectivity index (χ0) is 10.8. The van der Waals surface area contributed by atoms with E-state index in [-0.39, 0.29) is 6.10 Å². The first-order valence-corrected chi connectivity index (χ1v) is 5.83. The summed E-state index contributed by atoms with van der Waals surface area (Å²) in [6.07, 6.45) is 6.46. The summed E-state index contributed by atoms with van der Waals surface area (Å²) in [7, 11) is 0. The minimum absolute atomic E-state index is 0.214. The van der Waals surface area contributed by atoms with Crippen LogP contribution in [0.2, 0.25) is 0 Å². The first kappa shape index (κ1) is 13.9. The minimum atomic E-state index is 0.214. The van der Waals surface area contributed by atoms with E-state index in [0.717, 1.165) is 13.0 Å². The van der Waals surface area contributed by atoms with Crippen molar-refractivity contribution in [3.8, 4) is 0 Å². The van der Waals surface area contributed by atoms with Crippen LogP contribution in [0.4, 0.5) is 0 Å². The normalized spacial score (nSPS) is 15.4. The highest BCUT2D eigenvalue weighted by atomic mass is 16.5. The summed E-state index contributed by atoms with van der Waals surface area (Å²) in [6, 6.07) is 0.298. The smallest absolute Gasteiger partial charge is 0.0713 e. The van der Waals surface area contributed by atoms with Crippen molar-refractivity contribution in [1.82, 2.24) is 5.43 Å². The molecule has 2 unspecified atom stereocenters. The van der Waals surface area contributed by atoms with Crippen molar-refractivity contribution in [3.63, 3.8) is 0 Å². The molecule has 0 fully saturated rings. The zero-order valence-corrected chi connectivity index (χ0v) is 9.88. The van der Waals surface area contributed by atoms with E-state index in [1.807, 2.05) is 6.92 Å². The molecule has 2 atom stereocenters. The molecule has 0 aliphatic carbocycles. The van der Waals surface area contributed by atoms with Crippen LogP contribution in [0.15, 0.2) is 0 Å². The number of nitrogens with two attached hydrogens (primary N) is 1. The SMILES string of the molecule is CCCCCCC(NN)C(C)OCC. The van der Waals surface area contributed by atoms with Gasteiger partial charge >= 0.3 is 0 Å². The van der Waals surface area contributed by atoms with Gasteiger partial charge in [0.25, 0.3) is 0 Å². The molecule has 0 saturated heterocycles. The van der Waals surface area contributed by atoms with Gasteiger partial charge in [0.1, 0.15) is 0 Å². The molecule has 0 aliphatic rings. The standard InChI is InChI=1S/C11H26N2O/c1-4-6-7-8-9-11(13-12)10(3)14-5-2/h10-11,13H,4-9,12H2,1-3H3. The Morgan fingerprint density at radius 2 is 1.93 bits per heavy atom. The van der Waals surface area contributed by atoms with Gasteiger partial charge in [0, 0.05) is 12.6 Å². The minimum Gasteiger partial charge on any atom is -0.377 e. The molecule has 0 spiro atoms. The lowest BCUT2D eigenvalue weighted by molar-refractivity contribution is 0.0445. The van der Waals surface area contributed by atoms with Gasteiger partial charge in [0.15, 0.2) is 0 Å². The highest BCUT2D eigenvalue weighted by Crippen LogP contribution is 2.09. The lowest BCUT2D eigenvalue weighted by atomic mass is 10.0. The molecule has 0 saturated carbocycles. The zero-order valence-electron chi connectivity index (χ0n) is 9.88. The summed E-state index contributed by atoms with van der Waals surface area (Å²) < 4.78 is 5.51. The van der Waals surface area contributed by atoms with Crippen molar-refractivity contribution in [3.05, 3.63) is 0 Å². The Morgan fingerprint density at radius 1 is 1.21 bits per heavy atom. The van der Waals surface area contributed by atoms with Gasteiger partial charge < -0.3 is 4.74 Å². The van der Waals surface area contributed by atoms with E-state index >= 15 is 0 Å². The van der Waals surface area contributed by atoms with Gasteiger partial charge in [-0.05, 0) is 20.3 Å². The first-order valence-electron chi connectivity index (χ1n) is 5.83. The molecular weight excluding hydrogens is 176 g/mol. The summed E-state index contributed by atoms with van der Waals surface area (Å²) >= 11 is 0. The van der Waals surface area contributed by atoms with E-state index in [1.165, 1.54) is 25.7 Å². The molecule has 0 radical (unpaired) electrons. The summed E-state index contributed by atoms with van der Waals surface area (Å²) in [6.45, 7) is 7.07. The van der Waals surface area contributed by atoms with Crippen LogP contribution in [0.25, 0.3) is 0 Å². The fraction of sp³-hybridized carbons (Fsp3) is 1.00. The van der Waals surface area contributed by atoms with Crippen LogP contribution >= 0.6 is 0 Å². The van der Waals surface area contributed by atoms with E-state index in [9.17, 15) is 0 Å². The molecule has 14 heavy (non-hydrogen) atoms. The topological polar surface area (TPSA) is 47.3 Å². The van der Waals surface area contributed by atoms with Gasteiger partial charge in [-0.15, -0.1) is 0 Å². The number of nitrogens with one attached hydrogen (secondary N) is 1. The molecule has 0 aromatic carbocycles. The van der Waals surface area contributed by atoms with E-state index in [0.29, 0.717) is 6.04 Å². The van der Waals surface area contributed by atoms with Crippen LogP contribution in [0.5, 0.6) is 0 Å². The van der Waals surface area contributed by atoms with E-state index < -0.39 is 0 Å². The van der Waals surface area contributed by atoms with Gasteiger partial charge in [-0.2, -0.15) is 0 Å². The molecule has 0 heterocycles. The highest BCUT2D eigenvalue weighted by Gasteiger charge is 2.14. The Kier molecular flexibility index (Phi) is 9.35. The van der Waals surface area contributed by atoms with Crippen LogP contribution in [0, 0.1) is 0 Å². The summed E-state index contributed by atoms with van der Waals surface area (Å²) in [4.78, 5) is 0. The van der Waals surface area contributed by atoms with Crippen LogP contribution in [-0.2, 0) is 4.74 Å². The molecule has 0 aromatic rings. The van der Waals surface area contributed by atoms with Gasteiger partial charge in [0.05, 0.1) is 6.10 Å². The van der Waals surface area contributed by atoms with Crippen molar-refractivity contribution >= 4 is 0 Å². The largest absolute Gasteiger partial charge is 0.377 e. The van der Waals surface area contributed by atoms with Gasteiger partial charge in [0.2, 0.25) is 0 Å². The van der Waals surface area contributed by atoms with Crippen molar-refractivity contribution in [1.29, 1.82) is 0 Å². The van der Waals surface area contributed by atoms with Crippen LogP contribution in [-0.4, -0.2) is 18.8 Å². The van der Waals surface area contributed by atoms with Crippen molar-refractivity contribution < 1.29 is 4.74 Å². The van der Waals surface area contributed by atoms with E-state index in [2.05, 4.69) is 19.3 Å². The lowest BCUT2D eigenvalue weighted by Crippen LogP contribution is -2.43. The van der Waals surface area contributed by atoms with Crippen molar-refractivity contribution in [2.75, 3.05) is 6.61 Å². The fourth-order valence-electron chi connectivity index (χ4n) is 1.62. The molecule has 3 heteroatoms. The number of hydrogen-bond donors (Lipinski definition) is 2. The third-order valence-electron chi connectivity index (χ3n) is 2.58. The predicted molar refractivity (Wildman–Crippen MR) is 61.0 cm³/mol. The number of hydrazine groups is 1. The summed E-state index contributed by atoms with van der Waals surface area (Å²) in [5.41, 5.74) is 2.84. The Labute approximate surface area is 88.4 Å². The Balaban J connectivity index is 3.56. The Morgan fingerprint density at radius 3 is 2.43 bits per heavy atom. The fourth-order valence-corrected chi connectivity index (χ4v) is 1.62. The number of hydrogen-bond acceptors (Lipinski definition) is 3. The average Bonchev–Trinajstić information content (AvgIpc) is 2.18. The van der Waals surface area contributed by atoms with Crippen molar-refractivity contribution in [2.24, 2.45) is 5.84 Å². The maximum Gasteiger partial charge on any atom is 0.0713 e.